The lowest BCUT2D eigenvalue weighted by Gasteiger charge is -2.19. The molecule has 1 aromatic carbocycles. The summed E-state index contributed by atoms with van der Waals surface area (Å²) in [5.74, 6) is 0.0237. The van der Waals surface area contributed by atoms with Gasteiger partial charge in [-0.1, -0.05) is 11.6 Å². The average Bonchev–Trinajstić information content (AvgIpc) is 2.11. The van der Waals surface area contributed by atoms with E-state index in [1.54, 1.807) is 12.1 Å². The summed E-state index contributed by atoms with van der Waals surface area (Å²) in [4.78, 5) is 0. The molecule has 2 nitrogen and oxygen atoms in total. The van der Waals surface area contributed by atoms with E-state index in [9.17, 15) is 5.11 Å². The number of phenolic OH excluding ortho intramolecular Hbond substituents is 1. The Kier molecular flexibility index (Phi) is 2.73. The molecule has 0 fully saturated rings. The summed E-state index contributed by atoms with van der Waals surface area (Å²) < 4.78 is 0. The fourth-order valence-electron chi connectivity index (χ4n) is 1.39. The summed E-state index contributed by atoms with van der Waals surface area (Å²) in [6.07, 6.45) is 0. The first-order valence-electron chi connectivity index (χ1n) is 4.29. The van der Waals surface area contributed by atoms with Crippen molar-refractivity contribution >= 4 is 11.6 Å². The van der Waals surface area contributed by atoms with Crippen molar-refractivity contribution in [3.63, 3.8) is 0 Å². The number of hydrogen-bond acceptors (Lipinski definition) is 2. The van der Waals surface area contributed by atoms with Crippen LogP contribution >= 0.6 is 11.6 Å². The van der Waals surface area contributed by atoms with Crippen molar-refractivity contribution in [3.8, 4) is 11.8 Å². The third-order valence-corrected chi connectivity index (χ3v) is 2.55. The molecule has 14 heavy (non-hydrogen) atoms. The van der Waals surface area contributed by atoms with Gasteiger partial charge in [0.15, 0.2) is 0 Å². The van der Waals surface area contributed by atoms with Crippen LogP contribution in [0.2, 0.25) is 5.02 Å². The van der Waals surface area contributed by atoms with E-state index in [4.69, 9.17) is 16.9 Å². The first-order chi connectivity index (χ1) is 6.38. The van der Waals surface area contributed by atoms with Gasteiger partial charge in [0, 0.05) is 0 Å². The maximum atomic E-state index is 9.44. The fraction of sp³-hybridized carbons (Fsp3) is 0.364. The lowest BCUT2D eigenvalue weighted by Crippen LogP contribution is -2.15. The van der Waals surface area contributed by atoms with Crippen LogP contribution in [0.3, 0.4) is 0 Å². The Hall–Kier alpha value is -1.20. The summed E-state index contributed by atoms with van der Waals surface area (Å²) in [7, 11) is 0. The van der Waals surface area contributed by atoms with Gasteiger partial charge in [-0.15, -0.1) is 0 Å². The molecule has 0 saturated heterocycles. The van der Waals surface area contributed by atoms with Crippen molar-refractivity contribution in [3.05, 3.63) is 28.3 Å². The van der Waals surface area contributed by atoms with Gasteiger partial charge >= 0.3 is 0 Å². The highest BCUT2D eigenvalue weighted by atomic mass is 35.5. The Morgan fingerprint density at radius 2 is 2.00 bits per heavy atom. The Labute approximate surface area is 88.7 Å². The second-order valence-electron chi connectivity index (χ2n) is 3.86. The van der Waals surface area contributed by atoms with E-state index in [-0.39, 0.29) is 5.75 Å². The van der Waals surface area contributed by atoms with Crippen LogP contribution in [-0.4, -0.2) is 5.11 Å². The van der Waals surface area contributed by atoms with Gasteiger partial charge in [0.05, 0.1) is 16.5 Å². The van der Waals surface area contributed by atoms with Gasteiger partial charge in [-0.2, -0.15) is 5.26 Å². The van der Waals surface area contributed by atoms with E-state index in [1.807, 2.05) is 20.8 Å². The minimum absolute atomic E-state index is 0.0237. The predicted molar refractivity (Wildman–Crippen MR) is 56.5 cm³/mol. The number of nitriles is 1. The standard InChI is InChI=1S/C11H12ClNO/c1-7-4-9(12)10(14)5-8(7)11(2,3)6-13/h4-5,14H,1-3H3. The molecule has 1 rings (SSSR count). The van der Waals surface area contributed by atoms with Crippen molar-refractivity contribution in [2.75, 3.05) is 0 Å². The molecule has 0 bridgehead atoms. The van der Waals surface area contributed by atoms with Crippen molar-refractivity contribution in [2.45, 2.75) is 26.2 Å². The van der Waals surface area contributed by atoms with E-state index >= 15 is 0 Å². The molecule has 0 heterocycles. The number of phenols is 1. The number of hydrogen-bond donors (Lipinski definition) is 1. The van der Waals surface area contributed by atoms with Crippen molar-refractivity contribution in [2.24, 2.45) is 0 Å². The summed E-state index contributed by atoms with van der Waals surface area (Å²) >= 11 is 5.75. The average molecular weight is 210 g/mol. The minimum Gasteiger partial charge on any atom is -0.506 e. The molecule has 1 aromatic rings. The molecule has 0 atom stereocenters. The lowest BCUT2D eigenvalue weighted by molar-refractivity contribution is 0.473. The highest BCUT2D eigenvalue weighted by Gasteiger charge is 2.23. The zero-order valence-electron chi connectivity index (χ0n) is 8.43. The molecule has 74 valence electrons. The molecule has 0 amide bonds. The van der Waals surface area contributed by atoms with Gasteiger partial charge in [0.25, 0.3) is 0 Å². The zero-order valence-corrected chi connectivity index (χ0v) is 9.18. The first-order valence-corrected chi connectivity index (χ1v) is 4.67. The van der Waals surface area contributed by atoms with Crippen LogP contribution in [0.1, 0.15) is 25.0 Å². The lowest BCUT2D eigenvalue weighted by atomic mass is 9.83. The molecule has 0 aliphatic carbocycles. The van der Waals surface area contributed by atoms with Crippen LogP contribution in [0.15, 0.2) is 12.1 Å². The number of benzene rings is 1. The monoisotopic (exact) mass is 209 g/mol. The van der Waals surface area contributed by atoms with E-state index < -0.39 is 5.41 Å². The van der Waals surface area contributed by atoms with Crippen LogP contribution in [-0.2, 0) is 5.41 Å². The second kappa shape index (κ2) is 3.51. The minimum atomic E-state index is -0.605. The predicted octanol–water partition coefficient (Wildman–Crippen LogP) is 3.16. The molecule has 0 radical (unpaired) electrons. The van der Waals surface area contributed by atoms with Crippen LogP contribution in [0, 0.1) is 18.3 Å². The highest BCUT2D eigenvalue weighted by Crippen LogP contribution is 2.33. The van der Waals surface area contributed by atoms with Gasteiger partial charge in [-0.3, -0.25) is 0 Å². The summed E-state index contributed by atoms with van der Waals surface area (Å²) in [5.41, 5.74) is 1.12. The number of rotatable bonds is 1. The van der Waals surface area contributed by atoms with Crippen LogP contribution in [0.4, 0.5) is 0 Å². The van der Waals surface area contributed by atoms with Crippen molar-refractivity contribution < 1.29 is 5.11 Å². The van der Waals surface area contributed by atoms with Crippen LogP contribution in [0.5, 0.6) is 5.75 Å². The maximum absolute atomic E-state index is 9.44. The summed E-state index contributed by atoms with van der Waals surface area (Å²) in [5, 5.41) is 18.7. The fourth-order valence-corrected chi connectivity index (χ4v) is 1.61. The maximum Gasteiger partial charge on any atom is 0.134 e. The van der Waals surface area contributed by atoms with E-state index in [0.29, 0.717) is 5.02 Å². The quantitative estimate of drug-likeness (QED) is 0.772. The Bertz CT molecular complexity index is 404. The molecular formula is C11H12ClNO. The molecule has 0 saturated carbocycles. The molecule has 1 N–H and O–H groups in total. The number of halogens is 1. The van der Waals surface area contributed by atoms with Crippen LogP contribution < -0.4 is 0 Å². The first kappa shape index (κ1) is 10.9. The third-order valence-electron chi connectivity index (χ3n) is 2.25. The van der Waals surface area contributed by atoms with Gasteiger partial charge in [-0.25, -0.2) is 0 Å². The molecule has 0 unspecified atom stereocenters. The molecule has 0 aliphatic heterocycles. The van der Waals surface area contributed by atoms with Gasteiger partial charge < -0.3 is 5.11 Å². The Balaban J connectivity index is 3.38. The topological polar surface area (TPSA) is 44.0 Å². The van der Waals surface area contributed by atoms with Gasteiger partial charge in [0.1, 0.15) is 5.75 Å². The largest absolute Gasteiger partial charge is 0.506 e. The Morgan fingerprint density at radius 1 is 1.43 bits per heavy atom. The smallest absolute Gasteiger partial charge is 0.134 e. The van der Waals surface area contributed by atoms with Gasteiger partial charge in [-0.05, 0) is 44.0 Å². The number of aryl methyl sites for hydroxylation is 1. The van der Waals surface area contributed by atoms with Gasteiger partial charge in [0.2, 0.25) is 0 Å². The zero-order chi connectivity index (χ0) is 10.9. The number of aromatic hydroxyl groups is 1. The van der Waals surface area contributed by atoms with E-state index in [0.717, 1.165) is 11.1 Å². The SMILES string of the molecule is Cc1cc(Cl)c(O)cc1C(C)(C)C#N. The second-order valence-corrected chi connectivity index (χ2v) is 4.26. The molecule has 3 heteroatoms. The molecular weight excluding hydrogens is 198 g/mol. The van der Waals surface area contributed by atoms with E-state index in [2.05, 4.69) is 6.07 Å². The normalized spacial score (nSPS) is 11.1. The highest BCUT2D eigenvalue weighted by molar-refractivity contribution is 6.32. The number of nitrogens with zero attached hydrogens (tertiary/aromatic N) is 1. The van der Waals surface area contributed by atoms with Crippen molar-refractivity contribution in [1.29, 1.82) is 5.26 Å². The molecule has 0 aliphatic rings. The summed E-state index contributed by atoms with van der Waals surface area (Å²) in [6.45, 7) is 5.49. The van der Waals surface area contributed by atoms with Crippen molar-refractivity contribution in [1.82, 2.24) is 0 Å². The third kappa shape index (κ3) is 1.83. The van der Waals surface area contributed by atoms with Crippen LogP contribution in [0.25, 0.3) is 0 Å². The molecule has 0 aromatic heterocycles. The Morgan fingerprint density at radius 3 is 2.50 bits per heavy atom. The van der Waals surface area contributed by atoms with E-state index in [1.165, 1.54) is 0 Å². The molecule has 0 spiro atoms. The summed E-state index contributed by atoms with van der Waals surface area (Å²) in [6, 6.07) is 5.42.